The number of aromatic nitrogens is 4. The first-order chi connectivity index (χ1) is 18.8. The molecule has 0 aliphatic carbocycles. The minimum atomic E-state index is -0.747. The Hall–Kier alpha value is -4.37. The number of rotatable bonds is 9. The molecule has 3 heterocycles. The molecule has 0 bridgehead atoms. The number of esters is 1. The van der Waals surface area contributed by atoms with E-state index in [4.69, 9.17) is 9.47 Å². The van der Waals surface area contributed by atoms with Crippen molar-refractivity contribution in [3.8, 4) is 17.6 Å². The van der Waals surface area contributed by atoms with E-state index in [1.165, 1.54) is 14.2 Å². The van der Waals surface area contributed by atoms with Crippen LogP contribution in [0, 0.1) is 11.8 Å². The van der Waals surface area contributed by atoms with Crippen LogP contribution in [0.5, 0.6) is 5.75 Å². The van der Waals surface area contributed by atoms with Crippen molar-refractivity contribution >= 4 is 28.7 Å². The Bertz CT molecular complexity index is 1570. The second-order valence-corrected chi connectivity index (χ2v) is 9.15. The van der Waals surface area contributed by atoms with E-state index in [-0.39, 0.29) is 29.2 Å². The molecule has 2 aromatic heterocycles. The van der Waals surface area contributed by atoms with E-state index in [0.717, 1.165) is 22.2 Å². The summed E-state index contributed by atoms with van der Waals surface area (Å²) >= 11 is 0. The number of fused-ring (bicyclic) bond motifs is 1. The van der Waals surface area contributed by atoms with Crippen LogP contribution in [0.2, 0.25) is 0 Å². The molecule has 4 rings (SSSR count). The van der Waals surface area contributed by atoms with E-state index in [2.05, 4.69) is 22.1 Å². The molecule has 1 aliphatic heterocycles. The molecule has 3 aromatic rings. The molecule has 12 nitrogen and oxygen atoms in total. The van der Waals surface area contributed by atoms with Gasteiger partial charge in [-0.05, 0) is 38.9 Å². The second-order valence-electron chi connectivity index (χ2n) is 9.15. The lowest BCUT2D eigenvalue weighted by molar-refractivity contribution is -0.141. The fraction of sp³-hybridized carbons (Fsp3) is 0.444. The third-order valence-electron chi connectivity index (χ3n) is 6.83. The Morgan fingerprint density at radius 1 is 1.15 bits per heavy atom. The summed E-state index contributed by atoms with van der Waals surface area (Å²) in [4.78, 5) is 59.9. The lowest BCUT2D eigenvalue weighted by atomic mass is 10.1. The number of hydrogen-bond acceptors (Lipinski definition) is 9. The van der Waals surface area contributed by atoms with Gasteiger partial charge in [-0.25, -0.2) is 14.3 Å². The minimum Gasteiger partial charge on any atom is -0.497 e. The quantitative estimate of drug-likeness (QED) is 0.238. The molecule has 1 aliphatic rings. The smallest absolute Gasteiger partial charge is 0.327 e. The van der Waals surface area contributed by atoms with Crippen LogP contribution < -0.4 is 26.1 Å². The Morgan fingerprint density at radius 3 is 2.62 bits per heavy atom. The van der Waals surface area contributed by atoms with Gasteiger partial charge in [0.2, 0.25) is 5.95 Å². The number of anilines is 1. The maximum atomic E-state index is 14.0. The molecule has 206 valence electrons. The highest BCUT2D eigenvalue weighted by atomic mass is 16.5. The highest BCUT2D eigenvalue weighted by Gasteiger charge is 2.28. The third-order valence-corrected chi connectivity index (χ3v) is 6.83. The normalized spacial score (nSPS) is 15.1. The zero-order valence-electron chi connectivity index (χ0n) is 22.5. The maximum Gasteiger partial charge on any atom is 0.327 e. The fourth-order valence-electron chi connectivity index (χ4n) is 4.74. The van der Waals surface area contributed by atoms with Gasteiger partial charge in [-0.15, -0.1) is 5.92 Å². The van der Waals surface area contributed by atoms with Crippen LogP contribution in [0.1, 0.15) is 30.1 Å². The second kappa shape index (κ2) is 12.0. The van der Waals surface area contributed by atoms with Crippen LogP contribution >= 0.6 is 0 Å². The molecule has 1 atom stereocenters. The number of carbonyl (C=O) groups excluding carboxylic acids is 2. The standard InChI is InChI=1S/C27H32N6O6/c1-5-6-13-31-24-23(29-27(31)30-12-8-10-19(15-30)28-2)25(36)33(17-22(35)39-4)32(26(24)37)16-21(34)18-9-7-11-20(14-18)38-3/h7,9,11,14,19,28H,8,10,12-13,15-17H2,1-4H3. The molecule has 39 heavy (non-hydrogen) atoms. The Labute approximate surface area is 225 Å². The molecule has 0 saturated carbocycles. The van der Waals surface area contributed by atoms with E-state index in [0.29, 0.717) is 24.8 Å². The number of Topliss-reactive ketones (excluding diaryl/α,β-unsaturated/α-hetero) is 1. The van der Waals surface area contributed by atoms with Crippen LogP contribution in [-0.2, 0) is 29.2 Å². The molecule has 12 heteroatoms. The lowest BCUT2D eigenvalue weighted by Gasteiger charge is -2.33. The number of piperidine rings is 1. The lowest BCUT2D eigenvalue weighted by Crippen LogP contribution is -2.45. The van der Waals surface area contributed by atoms with Crippen molar-refractivity contribution in [3.05, 3.63) is 50.5 Å². The highest BCUT2D eigenvalue weighted by molar-refractivity contribution is 5.96. The molecule has 1 saturated heterocycles. The number of hydrogen-bond donors (Lipinski definition) is 1. The summed E-state index contributed by atoms with van der Waals surface area (Å²) in [5, 5.41) is 3.28. The molecule has 1 aromatic carbocycles. The van der Waals surface area contributed by atoms with E-state index in [1.807, 2.05) is 11.9 Å². The van der Waals surface area contributed by atoms with Crippen molar-refractivity contribution in [1.82, 2.24) is 24.2 Å². The molecule has 0 amide bonds. The predicted molar refractivity (Wildman–Crippen MR) is 145 cm³/mol. The summed E-state index contributed by atoms with van der Waals surface area (Å²) in [6.07, 6.45) is 1.90. The summed E-state index contributed by atoms with van der Waals surface area (Å²) in [7, 11) is 4.55. The molecule has 1 N–H and O–H groups in total. The number of nitrogens with one attached hydrogen (secondary N) is 1. The third kappa shape index (κ3) is 5.58. The predicted octanol–water partition coefficient (Wildman–Crippen LogP) is 0.636. The van der Waals surface area contributed by atoms with Crippen LogP contribution in [0.15, 0.2) is 33.9 Å². The Morgan fingerprint density at radius 2 is 1.92 bits per heavy atom. The van der Waals surface area contributed by atoms with Gasteiger partial charge in [0.05, 0.1) is 20.8 Å². The zero-order valence-corrected chi connectivity index (χ0v) is 22.5. The average Bonchev–Trinajstić information content (AvgIpc) is 3.36. The van der Waals surface area contributed by atoms with Gasteiger partial charge in [0, 0.05) is 24.7 Å². The van der Waals surface area contributed by atoms with Crippen molar-refractivity contribution in [3.63, 3.8) is 0 Å². The average molecular weight is 537 g/mol. The number of methoxy groups -OCH3 is 2. The van der Waals surface area contributed by atoms with Crippen LogP contribution in [-0.4, -0.2) is 71.1 Å². The first-order valence-corrected chi connectivity index (χ1v) is 12.6. The first kappa shape index (κ1) is 27.7. The summed E-state index contributed by atoms with van der Waals surface area (Å²) in [6.45, 7) is 2.10. The molecule has 1 fully saturated rings. The number of nitrogens with zero attached hydrogens (tertiary/aromatic N) is 5. The van der Waals surface area contributed by atoms with Gasteiger partial charge in [0.25, 0.3) is 11.1 Å². The van der Waals surface area contributed by atoms with Gasteiger partial charge in [-0.1, -0.05) is 18.1 Å². The van der Waals surface area contributed by atoms with Crippen molar-refractivity contribution in [2.75, 3.05) is 39.3 Å². The van der Waals surface area contributed by atoms with Crippen molar-refractivity contribution in [2.24, 2.45) is 0 Å². The van der Waals surface area contributed by atoms with Gasteiger partial charge in [0.15, 0.2) is 11.3 Å². The van der Waals surface area contributed by atoms with Crippen molar-refractivity contribution in [2.45, 2.75) is 45.4 Å². The van der Waals surface area contributed by atoms with Crippen LogP contribution in [0.4, 0.5) is 5.95 Å². The highest BCUT2D eigenvalue weighted by Crippen LogP contribution is 2.23. The van der Waals surface area contributed by atoms with Gasteiger partial charge in [0.1, 0.15) is 24.4 Å². The number of ketones is 1. The number of ether oxygens (including phenoxy) is 2. The zero-order chi connectivity index (χ0) is 28.1. The largest absolute Gasteiger partial charge is 0.497 e. The minimum absolute atomic E-state index is 0.0314. The number of imidazole rings is 1. The maximum absolute atomic E-state index is 14.0. The number of likely N-dealkylation sites (N-methyl/N-ethyl adjacent to an activating group) is 1. The van der Waals surface area contributed by atoms with Gasteiger partial charge >= 0.3 is 5.97 Å². The van der Waals surface area contributed by atoms with E-state index in [1.54, 1.807) is 35.8 Å². The summed E-state index contributed by atoms with van der Waals surface area (Å²) < 4.78 is 13.5. The molecule has 1 unspecified atom stereocenters. The molecular formula is C27H32N6O6. The number of carbonyl (C=O) groups is 2. The first-order valence-electron chi connectivity index (χ1n) is 12.6. The fourth-order valence-corrected chi connectivity index (χ4v) is 4.74. The molecule has 0 radical (unpaired) electrons. The van der Waals surface area contributed by atoms with E-state index < -0.39 is 36.0 Å². The van der Waals surface area contributed by atoms with E-state index >= 15 is 0 Å². The molecule has 0 spiro atoms. The van der Waals surface area contributed by atoms with Crippen molar-refractivity contribution < 1.29 is 19.1 Å². The topological polar surface area (TPSA) is 130 Å². The summed E-state index contributed by atoms with van der Waals surface area (Å²) in [5.74, 6) is 5.52. The molecular weight excluding hydrogens is 504 g/mol. The number of benzene rings is 1. The summed E-state index contributed by atoms with van der Waals surface area (Å²) in [6, 6.07) is 6.70. The van der Waals surface area contributed by atoms with Gasteiger partial charge in [-0.2, -0.15) is 0 Å². The SMILES string of the molecule is CC#CCn1c(N2CCCC(NC)C2)nc2c(=O)n(CC(=O)OC)n(CC(=O)c3cccc(OC)c3)c(=O)c21. The summed E-state index contributed by atoms with van der Waals surface area (Å²) in [5.41, 5.74) is -1.09. The van der Waals surface area contributed by atoms with Crippen LogP contribution in [0.25, 0.3) is 11.0 Å². The monoisotopic (exact) mass is 536 g/mol. The van der Waals surface area contributed by atoms with E-state index in [9.17, 15) is 19.2 Å². The van der Waals surface area contributed by atoms with Crippen LogP contribution in [0.3, 0.4) is 0 Å². The van der Waals surface area contributed by atoms with Gasteiger partial charge < -0.3 is 19.7 Å². The Balaban J connectivity index is 1.93. The van der Waals surface area contributed by atoms with Crippen molar-refractivity contribution in [1.29, 1.82) is 0 Å². The van der Waals surface area contributed by atoms with Gasteiger partial charge in [-0.3, -0.25) is 23.7 Å². The Kier molecular flexibility index (Phi) is 8.51.